The molecule has 0 spiro atoms. The van der Waals surface area contributed by atoms with Crippen LogP contribution in [0.15, 0.2) is 59.0 Å². The highest BCUT2D eigenvalue weighted by Crippen LogP contribution is 2.24. The average molecular weight is 400 g/mol. The van der Waals surface area contributed by atoms with Crippen LogP contribution in [0.3, 0.4) is 0 Å². The number of carbonyl (C=O) groups is 1. The minimum atomic E-state index is -0.768. The maximum atomic E-state index is 12.0. The van der Waals surface area contributed by atoms with Crippen molar-refractivity contribution in [1.82, 2.24) is 10.2 Å². The van der Waals surface area contributed by atoms with E-state index in [2.05, 4.69) is 10.2 Å². The molecule has 1 atom stereocenters. The quantitative estimate of drug-likeness (QED) is 0.257. The van der Waals surface area contributed by atoms with Gasteiger partial charge >= 0.3 is 5.97 Å². The van der Waals surface area contributed by atoms with Crippen LogP contribution in [0.25, 0.3) is 17.5 Å². The van der Waals surface area contributed by atoms with Gasteiger partial charge in [0.15, 0.2) is 6.10 Å². The monoisotopic (exact) mass is 399 g/mol. The summed E-state index contributed by atoms with van der Waals surface area (Å²) < 4.78 is 10.7. The zero-order valence-corrected chi connectivity index (χ0v) is 15.4. The Kier molecular flexibility index (Phi) is 5.81. The van der Waals surface area contributed by atoms with Crippen LogP contribution in [0.5, 0.6) is 0 Å². The molecule has 0 N–H and O–H groups in total. The average Bonchev–Trinajstić information content (AvgIpc) is 3.17. The van der Waals surface area contributed by atoms with E-state index in [-0.39, 0.29) is 17.5 Å². The Bertz CT molecular complexity index is 1030. The van der Waals surface area contributed by atoms with Crippen molar-refractivity contribution < 1.29 is 18.9 Å². The number of benzene rings is 2. The molecule has 3 aromatic rings. The lowest BCUT2D eigenvalue weighted by Crippen LogP contribution is -2.06. The minimum absolute atomic E-state index is 0.0442. The number of nitro groups is 1. The molecule has 9 heteroatoms. The van der Waals surface area contributed by atoms with E-state index in [9.17, 15) is 14.9 Å². The first-order valence-electron chi connectivity index (χ1n) is 8.15. The van der Waals surface area contributed by atoms with Gasteiger partial charge in [0.25, 0.3) is 11.6 Å². The smallest absolute Gasteiger partial charge is 0.331 e. The summed E-state index contributed by atoms with van der Waals surface area (Å²) in [4.78, 5) is 22.2. The second kappa shape index (κ2) is 8.45. The van der Waals surface area contributed by atoms with Crippen LogP contribution in [0.1, 0.15) is 24.5 Å². The Morgan fingerprint density at radius 3 is 2.68 bits per heavy atom. The van der Waals surface area contributed by atoms with E-state index < -0.39 is 17.0 Å². The molecular formula is C19H14ClN3O5. The standard InChI is InChI=1S/C19H14ClN3O5/c1-12(27-17(24)10-5-13-3-2-4-15(20)11-13)18-21-22-19(28-18)14-6-8-16(9-7-14)23(25)26/h2-12H,1H3/b10-5+/t12-/m0/s1. The number of esters is 1. The van der Waals surface area contributed by atoms with E-state index in [0.717, 1.165) is 5.56 Å². The number of rotatable bonds is 6. The molecule has 0 fully saturated rings. The van der Waals surface area contributed by atoms with Gasteiger partial charge in [-0.1, -0.05) is 23.7 Å². The normalized spacial score (nSPS) is 12.1. The molecule has 3 rings (SSSR count). The molecule has 0 bridgehead atoms. The van der Waals surface area contributed by atoms with Gasteiger partial charge in [0.05, 0.1) is 4.92 Å². The molecule has 0 aliphatic heterocycles. The van der Waals surface area contributed by atoms with Gasteiger partial charge in [0, 0.05) is 28.8 Å². The number of ether oxygens (including phenoxy) is 1. The van der Waals surface area contributed by atoms with E-state index in [1.165, 1.54) is 30.3 Å². The first-order chi connectivity index (χ1) is 13.4. The Morgan fingerprint density at radius 2 is 2.00 bits per heavy atom. The number of halogens is 1. The second-order valence-corrected chi connectivity index (χ2v) is 6.15. The molecule has 1 aromatic heterocycles. The zero-order valence-electron chi connectivity index (χ0n) is 14.6. The van der Waals surface area contributed by atoms with Gasteiger partial charge in [-0.25, -0.2) is 4.79 Å². The number of hydrogen-bond donors (Lipinski definition) is 0. The fourth-order valence-corrected chi connectivity index (χ4v) is 2.48. The fourth-order valence-electron chi connectivity index (χ4n) is 2.28. The van der Waals surface area contributed by atoms with Crippen LogP contribution < -0.4 is 0 Å². The second-order valence-electron chi connectivity index (χ2n) is 5.72. The van der Waals surface area contributed by atoms with E-state index in [0.29, 0.717) is 10.6 Å². The zero-order chi connectivity index (χ0) is 20.1. The minimum Gasteiger partial charge on any atom is -0.449 e. The third-order valence-electron chi connectivity index (χ3n) is 3.67. The Balaban J connectivity index is 1.64. The van der Waals surface area contributed by atoms with Crippen molar-refractivity contribution in [3.8, 4) is 11.5 Å². The molecule has 1 heterocycles. The highest BCUT2D eigenvalue weighted by molar-refractivity contribution is 6.30. The van der Waals surface area contributed by atoms with Gasteiger partial charge in [-0.05, 0) is 42.8 Å². The van der Waals surface area contributed by atoms with Crippen LogP contribution in [0, 0.1) is 10.1 Å². The summed E-state index contributed by atoms with van der Waals surface area (Å²) in [6, 6.07) is 12.7. The van der Waals surface area contributed by atoms with Crippen molar-refractivity contribution >= 4 is 29.3 Å². The van der Waals surface area contributed by atoms with Gasteiger partial charge in [-0.15, -0.1) is 10.2 Å². The van der Waals surface area contributed by atoms with Crippen molar-refractivity contribution in [2.45, 2.75) is 13.0 Å². The Morgan fingerprint density at radius 1 is 1.25 bits per heavy atom. The van der Waals surface area contributed by atoms with Gasteiger partial charge in [-0.3, -0.25) is 10.1 Å². The summed E-state index contributed by atoms with van der Waals surface area (Å²) in [6.45, 7) is 1.60. The highest BCUT2D eigenvalue weighted by Gasteiger charge is 2.18. The van der Waals surface area contributed by atoms with Gasteiger partial charge in [-0.2, -0.15) is 0 Å². The molecule has 142 valence electrons. The maximum Gasteiger partial charge on any atom is 0.331 e. The number of nitrogens with zero attached hydrogens (tertiary/aromatic N) is 3. The van der Waals surface area contributed by atoms with Crippen molar-refractivity contribution in [1.29, 1.82) is 0 Å². The molecule has 0 radical (unpaired) electrons. The SMILES string of the molecule is C[C@H](OC(=O)/C=C/c1cccc(Cl)c1)c1nnc(-c2ccc([N+](=O)[O-])cc2)o1. The molecule has 0 saturated heterocycles. The lowest BCUT2D eigenvalue weighted by molar-refractivity contribution is -0.384. The summed E-state index contributed by atoms with van der Waals surface area (Å²) in [5.74, 6) is -0.303. The number of hydrogen-bond acceptors (Lipinski definition) is 7. The van der Waals surface area contributed by atoms with E-state index >= 15 is 0 Å². The molecule has 2 aromatic carbocycles. The van der Waals surface area contributed by atoms with Crippen LogP contribution in [-0.4, -0.2) is 21.1 Å². The van der Waals surface area contributed by atoms with Crippen molar-refractivity contribution in [2.75, 3.05) is 0 Å². The van der Waals surface area contributed by atoms with Gasteiger partial charge in [0.1, 0.15) is 0 Å². The Hall–Kier alpha value is -3.52. The number of nitro benzene ring substituents is 1. The summed E-state index contributed by atoms with van der Waals surface area (Å²) in [6.07, 6.45) is 2.09. The van der Waals surface area contributed by atoms with Gasteiger partial charge in [0.2, 0.25) is 5.89 Å². The predicted octanol–water partition coefficient (Wildman–Crippen LogP) is 4.62. The topological polar surface area (TPSA) is 108 Å². The molecule has 0 aliphatic rings. The Labute approximate surface area is 164 Å². The lowest BCUT2D eigenvalue weighted by atomic mass is 10.2. The van der Waals surface area contributed by atoms with E-state index in [1.807, 2.05) is 0 Å². The summed E-state index contributed by atoms with van der Waals surface area (Å²) in [5.41, 5.74) is 1.23. The highest BCUT2D eigenvalue weighted by atomic mass is 35.5. The van der Waals surface area contributed by atoms with Crippen LogP contribution >= 0.6 is 11.6 Å². The fraction of sp³-hybridized carbons (Fsp3) is 0.105. The van der Waals surface area contributed by atoms with Crippen molar-refractivity contribution in [3.05, 3.63) is 81.2 Å². The van der Waals surface area contributed by atoms with E-state index in [4.69, 9.17) is 20.8 Å². The lowest BCUT2D eigenvalue weighted by Gasteiger charge is -2.06. The molecule has 0 saturated carbocycles. The van der Waals surface area contributed by atoms with Crippen LogP contribution in [0.2, 0.25) is 5.02 Å². The third kappa shape index (κ3) is 4.80. The first-order valence-corrected chi connectivity index (χ1v) is 8.52. The maximum absolute atomic E-state index is 12.0. The molecule has 0 aliphatic carbocycles. The summed E-state index contributed by atoms with van der Waals surface area (Å²) in [7, 11) is 0. The molecule has 28 heavy (non-hydrogen) atoms. The summed E-state index contributed by atoms with van der Waals surface area (Å²) in [5, 5.41) is 19.0. The predicted molar refractivity (Wildman–Crippen MR) is 101 cm³/mol. The summed E-state index contributed by atoms with van der Waals surface area (Å²) >= 11 is 5.89. The van der Waals surface area contributed by atoms with E-state index in [1.54, 1.807) is 37.3 Å². The molecule has 0 amide bonds. The third-order valence-corrected chi connectivity index (χ3v) is 3.90. The number of aromatic nitrogens is 2. The molecule has 0 unspecified atom stereocenters. The number of non-ortho nitro benzene ring substituents is 1. The van der Waals surface area contributed by atoms with Crippen LogP contribution in [0.4, 0.5) is 5.69 Å². The van der Waals surface area contributed by atoms with Gasteiger partial charge < -0.3 is 9.15 Å². The molecule has 8 nitrogen and oxygen atoms in total. The van der Waals surface area contributed by atoms with Crippen molar-refractivity contribution in [2.24, 2.45) is 0 Å². The largest absolute Gasteiger partial charge is 0.449 e. The first kappa shape index (κ1) is 19.2. The number of carbonyl (C=O) groups excluding carboxylic acids is 1. The van der Waals surface area contributed by atoms with Crippen LogP contribution in [-0.2, 0) is 9.53 Å². The van der Waals surface area contributed by atoms with Crippen molar-refractivity contribution in [3.63, 3.8) is 0 Å². The molecular weight excluding hydrogens is 386 g/mol.